The van der Waals surface area contributed by atoms with Crippen LogP contribution in [0.15, 0.2) is 11.2 Å². The van der Waals surface area contributed by atoms with Crippen molar-refractivity contribution < 1.29 is 9.53 Å². The van der Waals surface area contributed by atoms with Crippen LogP contribution in [0.1, 0.15) is 32.2 Å². The third kappa shape index (κ3) is 4.76. The molecule has 5 nitrogen and oxygen atoms in total. The Hall–Kier alpha value is -1.14. The zero-order valence-corrected chi connectivity index (χ0v) is 13.6. The van der Waals surface area contributed by atoms with Crippen LogP contribution in [0.3, 0.4) is 0 Å². The average Bonchev–Trinajstić information content (AvgIpc) is 2.36. The number of carbonyl (C=O) groups excluding carboxylic acids is 1. The molecule has 0 spiro atoms. The van der Waals surface area contributed by atoms with Crippen LogP contribution in [0.5, 0.6) is 0 Å². The molecule has 0 aliphatic rings. The van der Waals surface area contributed by atoms with E-state index in [0.29, 0.717) is 24.1 Å². The van der Waals surface area contributed by atoms with Crippen LogP contribution in [0.25, 0.3) is 0 Å². The van der Waals surface area contributed by atoms with Gasteiger partial charge in [0.2, 0.25) is 0 Å². The van der Waals surface area contributed by atoms with E-state index in [1.54, 1.807) is 0 Å². The van der Waals surface area contributed by atoms with Crippen molar-refractivity contribution in [3.63, 3.8) is 0 Å². The van der Waals surface area contributed by atoms with Gasteiger partial charge in [-0.2, -0.15) is 0 Å². The first-order valence-electron chi connectivity index (χ1n) is 6.78. The zero-order valence-electron chi connectivity index (χ0n) is 12.8. The highest BCUT2D eigenvalue weighted by molar-refractivity contribution is 7.99. The molecule has 1 heterocycles. The van der Waals surface area contributed by atoms with Gasteiger partial charge in [0.1, 0.15) is 5.54 Å². The highest BCUT2D eigenvalue weighted by atomic mass is 32.2. The van der Waals surface area contributed by atoms with Gasteiger partial charge >= 0.3 is 5.97 Å². The number of nitrogens with one attached hydrogen (secondary N) is 1. The third-order valence-electron chi connectivity index (χ3n) is 2.74. The van der Waals surface area contributed by atoms with Crippen LogP contribution in [0, 0.1) is 13.8 Å². The molecule has 112 valence electrons. The second-order valence-electron chi connectivity index (χ2n) is 4.80. The summed E-state index contributed by atoms with van der Waals surface area (Å²) < 4.78 is 5.14. The van der Waals surface area contributed by atoms with Gasteiger partial charge in [-0.05, 0) is 40.3 Å². The van der Waals surface area contributed by atoms with Gasteiger partial charge in [0.25, 0.3) is 0 Å². The summed E-state index contributed by atoms with van der Waals surface area (Å²) in [5.41, 5.74) is 1.14. The Bertz CT molecular complexity index is 447. The van der Waals surface area contributed by atoms with Crippen molar-refractivity contribution in [2.24, 2.45) is 0 Å². The predicted molar refractivity (Wildman–Crippen MR) is 80.9 cm³/mol. The molecule has 0 saturated carbocycles. The van der Waals surface area contributed by atoms with Crippen molar-refractivity contribution in [2.45, 2.75) is 45.3 Å². The molecule has 0 aliphatic carbocycles. The molecule has 1 aromatic rings. The number of rotatable bonds is 7. The molecule has 20 heavy (non-hydrogen) atoms. The number of likely N-dealkylation sites (N-methyl/N-ethyl adjacent to an activating group) is 1. The van der Waals surface area contributed by atoms with E-state index in [-0.39, 0.29) is 5.97 Å². The molecule has 1 unspecified atom stereocenters. The molecule has 0 aromatic carbocycles. The molecule has 1 N–H and O–H groups in total. The van der Waals surface area contributed by atoms with Gasteiger partial charge in [-0.1, -0.05) is 18.7 Å². The highest BCUT2D eigenvalue weighted by Gasteiger charge is 2.34. The van der Waals surface area contributed by atoms with Crippen LogP contribution in [-0.2, 0) is 9.53 Å². The van der Waals surface area contributed by atoms with Gasteiger partial charge < -0.3 is 10.1 Å². The van der Waals surface area contributed by atoms with Crippen molar-refractivity contribution in [3.8, 4) is 0 Å². The molecule has 1 rings (SSSR count). The van der Waals surface area contributed by atoms with Gasteiger partial charge in [-0.25, -0.2) is 9.97 Å². The number of carbonyl (C=O) groups is 1. The van der Waals surface area contributed by atoms with Crippen molar-refractivity contribution in [3.05, 3.63) is 17.5 Å². The number of hydrogen-bond donors (Lipinski definition) is 1. The molecule has 0 amide bonds. The van der Waals surface area contributed by atoms with Crippen molar-refractivity contribution in [1.29, 1.82) is 0 Å². The molecule has 1 atom stereocenters. The van der Waals surface area contributed by atoms with Gasteiger partial charge in [0, 0.05) is 17.1 Å². The van der Waals surface area contributed by atoms with E-state index in [1.807, 2.05) is 40.7 Å². The predicted octanol–water partition coefficient (Wildman–Crippen LogP) is 2.12. The topological polar surface area (TPSA) is 64.1 Å². The lowest BCUT2D eigenvalue weighted by Gasteiger charge is -2.27. The van der Waals surface area contributed by atoms with Crippen LogP contribution in [0.4, 0.5) is 0 Å². The number of nitrogens with zero attached hydrogens (tertiary/aromatic N) is 2. The molecular weight excluding hydrogens is 274 g/mol. The number of aromatic nitrogens is 2. The lowest BCUT2D eigenvalue weighted by molar-refractivity contribution is -0.149. The first kappa shape index (κ1) is 16.9. The van der Waals surface area contributed by atoms with E-state index in [9.17, 15) is 4.79 Å². The Labute approximate surface area is 124 Å². The summed E-state index contributed by atoms with van der Waals surface area (Å²) in [7, 11) is 0. The summed E-state index contributed by atoms with van der Waals surface area (Å²) in [4.78, 5) is 20.8. The first-order valence-corrected chi connectivity index (χ1v) is 7.77. The Morgan fingerprint density at radius 3 is 2.45 bits per heavy atom. The zero-order chi connectivity index (χ0) is 15.2. The van der Waals surface area contributed by atoms with Gasteiger partial charge in [-0.3, -0.25) is 4.79 Å². The van der Waals surface area contributed by atoms with E-state index in [0.717, 1.165) is 11.4 Å². The third-order valence-corrected chi connectivity index (χ3v) is 3.91. The molecule has 6 heteroatoms. The number of esters is 1. The minimum atomic E-state index is -0.726. The lowest BCUT2D eigenvalue weighted by Crippen LogP contribution is -2.52. The quantitative estimate of drug-likeness (QED) is 0.472. The molecule has 0 aliphatic heterocycles. The number of aryl methyl sites for hydroxylation is 2. The summed E-state index contributed by atoms with van der Waals surface area (Å²) in [5.74, 6) is 0.293. The number of ether oxygens (including phenoxy) is 1. The van der Waals surface area contributed by atoms with Crippen molar-refractivity contribution in [2.75, 3.05) is 18.9 Å². The number of thioether (sulfide) groups is 1. The number of hydrogen-bond acceptors (Lipinski definition) is 6. The Morgan fingerprint density at radius 2 is 1.95 bits per heavy atom. The second kappa shape index (κ2) is 7.59. The van der Waals surface area contributed by atoms with Gasteiger partial charge in [0.05, 0.1) is 6.61 Å². The molecule has 0 saturated heterocycles. The van der Waals surface area contributed by atoms with E-state index in [2.05, 4.69) is 15.3 Å². The maximum absolute atomic E-state index is 12.1. The van der Waals surface area contributed by atoms with Gasteiger partial charge in [-0.15, -0.1) is 0 Å². The van der Waals surface area contributed by atoms with Crippen LogP contribution >= 0.6 is 11.8 Å². The Kier molecular flexibility index (Phi) is 6.42. The minimum Gasteiger partial charge on any atom is -0.465 e. The van der Waals surface area contributed by atoms with Crippen LogP contribution < -0.4 is 5.32 Å². The first-order chi connectivity index (χ1) is 9.41. The molecule has 0 fully saturated rings. The normalized spacial score (nSPS) is 13.8. The fourth-order valence-electron chi connectivity index (χ4n) is 1.83. The maximum Gasteiger partial charge on any atom is 0.326 e. The maximum atomic E-state index is 12.1. The molecule has 0 radical (unpaired) electrons. The summed E-state index contributed by atoms with van der Waals surface area (Å²) in [5, 5.41) is 3.88. The fraction of sp³-hybridized carbons (Fsp3) is 0.643. The fourth-order valence-corrected chi connectivity index (χ4v) is 2.88. The van der Waals surface area contributed by atoms with E-state index in [4.69, 9.17) is 4.74 Å². The monoisotopic (exact) mass is 297 g/mol. The lowest BCUT2D eigenvalue weighted by atomic mass is 10.1. The summed E-state index contributed by atoms with van der Waals surface area (Å²) in [6, 6.07) is 1.93. The van der Waals surface area contributed by atoms with Crippen LogP contribution in [-0.4, -0.2) is 40.4 Å². The van der Waals surface area contributed by atoms with E-state index >= 15 is 0 Å². The van der Waals surface area contributed by atoms with E-state index < -0.39 is 5.54 Å². The largest absolute Gasteiger partial charge is 0.465 e. The summed E-state index contributed by atoms with van der Waals surface area (Å²) in [6.07, 6.45) is 0. The SMILES string of the molecule is CCNC(C)(CSc1nc(C)cc(C)n1)C(=O)OCC. The summed E-state index contributed by atoms with van der Waals surface area (Å²) in [6.45, 7) is 10.6. The highest BCUT2D eigenvalue weighted by Crippen LogP contribution is 2.21. The average molecular weight is 297 g/mol. The second-order valence-corrected chi connectivity index (χ2v) is 5.75. The van der Waals surface area contributed by atoms with E-state index in [1.165, 1.54) is 11.8 Å². The molecule has 1 aromatic heterocycles. The van der Waals surface area contributed by atoms with Crippen molar-refractivity contribution >= 4 is 17.7 Å². The van der Waals surface area contributed by atoms with Crippen molar-refractivity contribution in [1.82, 2.24) is 15.3 Å². The summed E-state index contributed by atoms with van der Waals surface area (Å²) >= 11 is 1.46. The smallest absolute Gasteiger partial charge is 0.326 e. The minimum absolute atomic E-state index is 0.237. The Balaban J connectivity index is 2.78. The van der Waals surface area contributed by atoms with Gasteiger partial charge in [0.15, 0.2) is 5.16 Å². The molecule has 0 bridgehead atoms. The Morgan fingerprint density at radius 1 is 1.35 bits per heavy atom. The van der Waals surface area contributed by atoms with Crippen LogP contribution in [0.2, 0.25) is 0 Å². The molecular formula is C14H23N3O2S. The standard InChI is InChI=1S/C14H23N3O2S/c1-6-15-14(5,12(18)19-7-2)9-20-13-16-10(3)8-11(4)17-13/h8,15H,6-7,9H2,1-5H3.